The third kappa shape index (κ3) is 3.65. The Morgan fingerprint density at radius 1 is 1.69 bits per heavy atom. The van der Waals surface area contributed by atoms with Crippen molar-refractivity contribution < 1.29 is 4.79 Å². The average Bonchev–Trinajstić information content (AvgIpc) is 2.49. The van der Waals surface area contributed by atoms with E-state index in [0.717, 1.165) is 17.0 Å². The summed E-state index contributed by atoms with van der Waals surface area (Å²) in [6.45, 7) is 0.380. The maximum Gasteiger partial charge on any atom is 0.304 e. The van der Waals surface area contributed by atoms with Gasteiger partial charge in [-0.1, -0.05) is 11.3 Å². The molecular formula is C7H10N2O2S2. The minimum atomic E-state index is -0.0987. The third-order valence-electron chi connectivity index (χ3n) is 1.39. The van der Waals surface area contributed by atoms with Crippen LogP contribution in [0.5, 0.6) is 0 Å². The number of nitrogens with one attached hydrogen (secondary N) is 2. The van der Waals surface area contributed by atoms with Gasteiger partial charge in [0.25, 0.3) is 0 Å². The number of hydrogen-bond acceptors (Lipinski definition) is 4. The van der Waals surface area contributed by atoms with Crippen molar-refractivity contribution in [2.24, 2.45) is 0 Å². The molecule has 0 aliphatic carbocycles. The van der Waals surface area contributed by atoms with Gasteiger partial charge in [0.1, 0.15) is 0 Å². The number of aromatic amines is 1. The van der Waals surface area contributed by atoms with Crippen LogP contribution in [0.15, 0.2) is 10.2 Å². The lowest BCUT2D eigenvalue weighted by Gasteiger charge is -2.00. The average molecular weight is 218 g/mol. The molecular weight excluding hydrogens is 208 g/mol. The maximum absolute atomic E-state index is 11.0. The smallest absolute Gasteiger partial charge is 0.304 e. The molecule has 1 aromatic rings. The summed E-state index contributed by atoms with van der Waals surface area (Å²) in [5.41, 5.74) is 0.738. The Bertz CT molecular complexity index is 331. The molecule has 0 fully saturated rings. The Balaban J connectivity index is 2.35. The Kier molecular flexibility index (Phi) is 4.04. The van der Waals surface area contributed by atoms with E-state index in [-0.39, 0.29) is 10.8 Å². The van der Waals surface area contributed by atoms with Crippen molar-refractivity contribution in [2.75, 3.05) is 5.75 Å². The highest BCUT2D eigenvalue weighted by molar-refractivity contribution is 7.80. The van der Waals surface area contributed by atoms with Crippen molar-refractivity contribution in [3.63, 3.8) is 0 Å². The molecule has 0 saturated heterocycles. The highest BCUT2D eigenvalue weighted by atomic mass is 32.1. The van der Waals surface area contributed by atoms with Crippen LogP contribution >= 0.6 is 24.0 Å². The Hall–Kier alpha value is -0.750. The topological polar surface area (TPSA) is 62.0 Å². The first-order chi connectivity index (χ1) is 6.22. The highest BCUT2D eigenvalue weighted by Crippen LogP contribution is 1.94. The molecule has 0 radical (unpaired) electrons. The van der Waals surface area contributed by atoms with Crippen LogP contribution in [0, 0.1) is 0 Å². The Morgan fingerprint density at radius 3 is 3.00 bits per heavy atom. The van der Waals surface area contributed by atoms with Gasteiger partial charge in [0.15, 0.2) is 0 Å². The molecule has 1 heterocycles. The summed E-state index contributed by atoms with van der Waals surface area (Å²) in [6.07, 6.45) is 0.400. The molecule has 0 aliphatic heterocycles. The van der Waals surface area contributed by atoms with Crippen molar-refractivity contribution in [3.05, 3.63) is 20.7 Å². The minimum absolute atomic E-state index is 0.0537. The van der Waals surface area contributed by atoms with E-state index >= 15 is 0 Å². The van der Waals surface area contributed by atoms with Gasteiger partial charge < -0.3 is 10.3 Å². The summed E-state index contributed by atoms with van der Waals surface area (Å²) >= 11 is 5.02. The number of carbonyl (C=O) groups excluding carboxylic acids is 1. The molecule has 0 bridgehead atoms. The molecule has 0 spiro atoms. The van der Waals surface area contributed by atoms with Crippen LogP contribution < -0.4 is 10.2 Å². The van der Waals surface area contributed by atoms with E-state index < -0.39 is 0 Å². The van der Waals surface area contributed by atoms with Gasteiger partial charge in [-0.2, -0.15) is 12.6 Å². The van der Waals surface area contributed by atoms with E-state index in [2.05, 4.69) is 22.9 Å². The van der Waals surface area contributed by atoms with Gasteiger partial charge in [0, 0.05) is 17.5 Å². The van der Waals surface area contributed by atoms with Gasteiger partial charge >= 0.3 is 4.87 Å². The number of aromatic nitrogens is 1. The van der Waals surface area contributed by atoms with E-state index in [1.165, 1.54) is 0 Å². The van der Waals surface area contributed by atoms with Crippen LogP contribution in [0.3, 0.4) is 0 Å². The number of amides is 1. The predicted octanol–water partition coefficient (Wildman–Crippen LogP) is 0.372. The molecule has 4 nitrogen and oxygen atoms in total. The molecule has 0 saturated carbocycles. The summed E-state index contributed by atoms with van der Waals surface area (Å²) in [5.74, 6) is 0.480. The van der Waals surface area contributed by atoms with Crippen LogP contribution in [-0.2, 0) is 11.3 Å². The number of rotatable bonds is 4. The Labute approximate surface area is 84.8 Å². The lowest BCUT2D eigenvalue weighted by Crippen LogP contribution is -2.23. The van der Waals surface area contributed by atoms with Crippen LogP contribution in [0.1, 0.15) is 12.1 Å². The van der Waals surface area contributed by atoms with E-state index in [0.29, 0.717) is 18.7 Å². The monoisotopic (exact) mass is 218 g/mol. The number of thiol groups is 1. The zero-order valence-electron chi connectivity index (χ0n) is 6.87. The molecule has 72 valence electrons. The van der Waals surface area contributed by atoms with E-state index in [1.54, 1.807) is 5.38 Å². The van der Waals surface area contributed by atoms with Gasteiger partial charge in [0.2, 0.25) is 5.91 Å². The van der Waals surface area contributed by atoms with Gasteiger partial charge in [-0.05, 0) is 5.75 Å². The number of hydrogen-bond donors (Lipinski definition) is 3. The fourth-order valence-electron chi connectivity index (χ4n) is 0.784. The van der Waals surface area contributed by atoms with Gasteiger partial charge in [-0.3, -0.25) is 9.59 Å². The zero-order chi connectivity index (χ0) is 9.68. The minimum Gasteiger partial charge on any atom is -0.350 e. The molecule has 1 amide bonds. The first kappa shape index (κ1) is 10.3. The summed E-state index contributed by atoms with van der Waals surface area (Å²) < 4.78 is 0. The zero-order valence-corrected chi connectivity index (χ0v) is 8.58. The molecule has 0 atom stereocenters. The summed E-state index contributed by atoms with van der Waals surface area (Å²) in [7, 11) is 0. The lowest BCUT2D eigenvalue weighted by molar-refractivity contribution is -0.120. The number of thiazole rings is 1. The van der Waals surface area contributed by atoms with Crippen LogP contribution in [0.2, 0.25) is 0 Å². The predicted molar refractivity (Wildman–Crippen MR) is 55.3 cm³/mol. The first-order valence-electron chi connectivity index (χ1n) is 3.76. The van der Waals surface area contributed by atoms with E-state index in [1.807, 2.05) is 0 Å². The molecule has 0 aliphatic rings. The SMILES string of the molecule is O=C(CCS)NCc1csc(=O)[nH]1. The molecule has 2 N–H and O–H groups in total. The molecule has 0 unspecified atom stereocenters. The third-order valence-corrected chi connectivity index (χ3v) is 2.33. The number of H-pyrrole nitrogens is 1. The van der Waals surface area contributed by atoms with Crippen LogP contribution in [0.4, 0.5) is 0 Å². The molecule has 6 heteroatoms. The fourth-order valence-corrected chi connectivity index (χ4v) is 1.57. The van der Waals surface area contributed by atoms with Gasteiger partial charge in [-0.15, -0.1) is 0 Å². The lowest BCUT2D eigenvalue weighted by atomic mass is 10.4. The first-order valence-corrected chi connectivity index (χ1v) is 5.28. The second kappa shape index (κ2) is 5.08. The molecule has 1 rings (SSSR count). The van der Waals surface area contributed by atoms with E-state index in [4.69, 9.17) is 0 Å². The molecule has 13 heavy (non-hydrogen) atoms. The second-order valence-electron chi connectivity index (χ2n) is 2.42. The number of carbonyl (C=O) groups is 1. The largest absolute Gasteiger partial charge is 0.350 e. The van der Waals surface area contributed by atoms with Crippen molar-refractivity contribution in [3.8, 4) is 0 Å². The summed E-state index contributed by atoms with van der Waals surface area (Å²) in [5, 5.41) is 4.36. The van der Waals surface area contributed by atoms with Crippen molar-refractivity contribution in [2.45, 2.75) is 13.0 Å². The van der Waals surface area contributed by atoms with Crippen molar-refractivity contribution in [1.82, 2.24) is 10.3 Å². The normalized spacial score (nSPS) is 9.92. The second-order valence-corrected chi connectivity index (χ2v) is 3.71. The van der Waals surface area contributed by atoms with Gasteiger partial charge in [-0.25, -0.2) is 0 Å². The van der Waals surface area contributed by atoms with E-state index in [9.17, 15) is 9.59 Å². The summed E-state index contributed by atoms with van der Waals surface area (Å²) in [4.78, 5) is 24.2. The molecule has 0 aromatic carbocycles. The van der Waals surface area contributed by atoms with Crippen molar-refractivity contribution in [1.29, 1.82) is 0 Å². The quantitative estimate of drug-likeness (QED) is 0.639. The highest BCUT2D eigenvalue weighted by Gasteiger charge is 2.00. The maximum atomic E-state index is 11.0. The van der Waals surface area contributed by atoms with Gasteiger partial charge in [0.05, 0.1) is 6.54 Å². The van der Waals surface area contributed by atoms with Crippen LogP contribution in [0.25, 0.3) is 0 Å². The summed E-state index contributed by atoms with van der Waals surface area (Å²) in [6, 6.07) is 0. The Morgan fingerprint density at radius 2 is 2.46 bits per heavy atom. The standard InChI is InChI=1S/C7H10N2O2S2/c10-6(1-2-12)8-3-5-4-13-7(11)9-5/h4,12H,1-3H2,(H,8,10)(H,9,11). The fraction of sp³-hybridized carbons (Fsp3) is 0.429. The van der Waals surface area contributed by atoms with Crippen LogP contribution in [-0.4, -0.2) is 16.6 Å². The molecule has 1 aromatic heterocycles. The van der Waals surface area contributed by atoms with Crippen molar-refractivity contribution >= 4 is 29.9 Å².